The van der Waals surface area contributed by atoms with Crippen LogP contribution in [0.4, 0.5) is 0 Å². The van der Waals surface area contributed by atoms with Crippen LogP contribution in [-0.2, 0) is 4.79 Å². The minimum atomic E-state index is -1.35. The van der Waals surface area contributed by atoms with Gasteiger partial charge in [0.2, 0.25) is 5.91 Å². The number of carbonyl (C=O) groups is 1. The topological polar surface area (TPSA) is 102 Å². The predicted molar refractivity (Wildman–Crippen MR) is 57.7 cm³/mol. The van der Waals surface area contributed by atoms with Crippen LogP contribution in [0.3, 0.4) is 0 Å². The number of amides is 1. The van der Waals surface area contributed by atoms with Crippen LogP contribution in [0.1, 0.15) is 6.92 Å². The van der Waals surface area contributed by atoms with Crippen LogP contribution in [-0.4, -0.2) is 59.7 Å². The first-order chi connectivity index (χ1) is 7.58. The lowest BCUT2D eigenvalue weighted by atomic mass is 10.00. The van der Waals surface area contributed by atoms with Crippen LogP contribution in [0.15, 0.2) is 11.1 Å². The fourth-order valence-corrected chi connectivity index (χ4v) is 1.28. The van der Waals surface area contributed by atoms with E-state index in [4.69, 9.17) is 15.3 Å². The highest BCUT2D eigenvalue weighted by Gasteiger charge is 2.31. The molecule has 0 aromatic heterocycles. The molecule has 0 aromatic carbocycles. The van der Waals surface area contributed by atoms with Crippen LogP contribution in [0.5, 0.6) is 0 Å². The van der Waals surface area contributed by atoms with Crippen molar-refractivity contribution in [2.24, 2.45) is 0 Å². The molecule has 5 N–H and O–H groups in total. The largest absolute Gasteiger partial charge is 0.394 e. The van der Waals surface area contributed by atoms with Crippen molar-refractivity contribution in [3.8, 4) is 0 Å². The fourth-order valence-electron chi connectivity index (χ4n) is 1.28. The number of carbonyl (C=O) groups excluding carboxylic acids is 1. The van der Waals surface area contributed by atoms with Crippen LogP contribution in [0, 0.1) is 0 Å². The van der Waals surface area contributed by atoms with Gasteiger partial charge in [-0.15, -0.1) is 0 Å². The fraction of sp³-hybridized carbons (Fsp3) is 0.700. The van der Waals surface area contributed by atoms with E-state index in [0.717, 1.165) is 5.57 Å². The molecule has 92 valence electrons. The molecule has 16 heavy (non-hydrogen) atoms. The van der Waals surface area contributed by atoms with Gasteiger partial charge >= 0.3 is 0 Å². The molecule has 0 aliphatic carbocycles. The zero-order valence-electron chi connectivity index (χ0n) is 9.29. The van der Waals surface area contributed by atoms with Gasteiger partial charge in [-0.25, -0.2) is 0 Å². The number of hydrogen-bond acceptors (Lipinski definition) is 5. The Morgan fingerprint density at radius 1 is 1.31 bits per heavy atom. The summed E-state index contributed by atoms with van der Waals surface area (Å²) in [5, 5.41) is 32.6. The molecular formula is C10H18N2O4. The lowest BCUT2D eigenvalue weighted by Crippen LogP contribution is -2.57. The van der Waals surface area contributed by atoms with Gasteiger partial charge in [0, 0.05) is 18.7 Å². The Bertz CT molecular complexity index is 283. The highest BCUT2D eigenvalue weighted by Crippen LogP contribution is 2.11. The zero-order chi connectivity index (χ0) is 12.2. The maximum absolute atomic E-state index is 11.7. The highest BCUT2D eigenvalue weighted by molar-refractivity contribution is 5.94. The SMILES string of the molecule is CC(C(=O)NC(CO)(CO)CO)=C1CNC1. The standard InChI is InChI=1S/C10H18N2O4/c1-7(8-2-11-3-8)9(16)12-10(4-13,5-14)6-15/h11,13-15H,2-6H2,1H3,(H,12,16). The number of nitrogens with one attached hydrogen (secondary N) is 2. The third kappa shape index (κ3) is 2.59. The summed E-state index contributed by atoms with van der Waals surface area (Å²) >= 11 is 0. The molecule has 0 unspecified atom stereocenters. The molecule has 0 bridgehead atoms. The molecule has 0 radical (unpaired) electrons. The Hall–Kier alpha value is -0.950. The van der Waals surface area contributed by atoms with Crippen molar-refractivity contribution in [1.29, 1.82) is 0 Å². The van der Waals surface area contributed by atoms with Gasteiger partial charge in [-0.1, -0.05) is 0 Å². The number of aliphatic hydroxyl groups is 3. The van der Waals surface area contributed by atoms with Gasteiger partial charge in [0.1, 0.15) is 5.54 Å². The average molecular weight is 230 g/mol. The Morgan fingerprint density at radius 3 is 2.12 bits per heavy atom. The lowest BCUT2D eigenvalue weighted by molar-refractivity contribution is -0.121. The molecule has 1 saturated heterocycles. The average Bonchev–Trinajstić information content (AvgIpc) is 2.23. The summed E-state index contributed by atoms with van der Waals surface area (Å²) in [6, 6.07) is 0. The second-order valence-corrected chi connectivity index (χ2v) is 4.04. The van der Waals surface area contributed by atoms with Crippen LogP contribution < -0.4 is 10.6 Å². The first-order valence-electron chi connectivity index (χ1n) is 5.13. The molecule has 0 atom stereocenters. The summed E-state index contributed by atoms with van der Waals surface area (Å²) in [6.07, 6.45) is 0. The summed E-state index contributed by atoms with van der Waals surface area (Å²) in [5.74, 6) is -0.367. The van der Waals surface area contributed by atoms with E-state index in [9.17, 15) is 4.79 Å². The van der Waals surface area contributed by atoms with Crippen molar-refractivity contribution in [2.75, 3.05) is 32.9 Å². The van der Waals surface area contributed by atoms with Gasteiger partial charge < -0.3 is 26.0 Å². The molecule has 0 saturated carbocycles. The van der Waals surface area contributed by atoms with Crippen LogP contribution >= 0.6 is 0 Å². The number of aliphatic hydroxyl groups excluding tert-OH is 3. The van der Waals surface area contributed by atoms with Gasteiger partial charge in [0.05, 0.1) is 19.8 Å². The molecule has 0 spiro atoms. The van der Waals surface area contributed by atoms with Gasteiger partial charge in [0.15, 0.2) is 0 Å². The van der Waals surface area contributed by atoms with Gasteiger partial charge in [0.25, 0.3) is 0 Å². The van der Waals surface area contributed by atoms with Gasteiger partial charge in [-0.3, -0.25) is 4.79 Å². The molecule has 1 aliphatic heterocycles. The summed E-state index contributed by atoms with van der Waals surface area (Å²) in [5.41, 5.74) is 0.217. The van der Waals surface area contributed by atoms with Crippen molar-refractivity contribution in [2.45, 2.75) is 12.5 Å². The van der Waals surface area contributed by atoms with Crippen molar-refractivity contribution in [1.82, 2.24) is 10.6 Å². The highest BCUT2D eigenvalue weighted by atomic mass is 16.3. The summed E-state index contributed by atoms with van der Waals surface area (Å²) in [4.78, 5) is 11.7. The predicted octanol–water partition coefficient (Wildman–Crippen LogP) is -2.26. The third-order valence-electron chi connectivity index (χ3n) is 2.83. The zero-order valence-corrected chi connectivity index (χ0v) is 9.29. The lowest BCUT2D eigenvalue weighted by Gasteiger charge is -2.30. The maximum atomic E-state index is 11.7. The van der Waals surface area contributed by atoms with Crippen molar-refractivity contribution >= 4 is 5.91 Å². The minimum absolute atomic E-state index is 0.367. The minimum Gasteiger partial charge on any atom is -0.394 e. The van der Waals surface area contributed by atoms with E-state index in [1.165, 1.54) is 0 Å². The monoisotopic (exact) mass is 230 g/mol. The van der Waals surface area contributed by atoms with E-state index in [1.54, 1.807) is 6.92 Å². The third-order valence-corrected chi connectivity index (χ3v) is 2.83. The van der Waals surface area contributed by atoms with E-state index in [1.807, 2.05) is 0 Å². The Morgan fingerprint density at radius 2 is 1.81 bits per heavy atom. The summed E-state index contributed by atoms with van der Waals surface area (Å²) in [6.45, 7) is 1.53. The van der Waals surface area contributed by atoms with Crippen molar-refractivity contribution in [3.05, 3.63) is 11.1 Å². The molecule has 1 heterocycles. The van der Waals surface area contributed by atoms with E-state index in [-0.39, 0.29) is 5.91 Å². The Kier molecular flexibility index (Phi) is 4.43. The normalized spacial score (nSPS) is 15.6. The van der Waals surface area contributed by atoms with Gasteiger partial charge in [-0.2, -0.15) is 0 Å². The first-order valence-corrected chi connectivity index (χ1v) is 5.13. The first kappa shape index (κ1) is 13.1. The van der Waals surface area contributed by atoms with Crippen molar-refractivity contribution in [3.63, 3.8) is 0 Å². The molecule has 6 nitrogen and oxygen atoms in total. The maximum Gasteiger partial charge on any atom is 0.247 e. The Labute approximate surface area is 94.0 Å². The van der Waals surface area contributed by atoms with Crippen molar-refractivity contribution < 1.29 is 20.1 Å². The molecule has 6 heteroatoms. The molecule has 1 aliphatic rings. The molecule has 0 aromatic rings. The van der Waals surface area contributed by atoms with E-state index in [2.05, 4.69) is 10.6 Å². The smallest absolute Gasteiger partial charge is 0.247 e. The van der Waals surface area contributed by atoms with Crippen LogP contribution in [0.25, 0.3) is 0 Å². The van der Waals surface area contributed by atoms with Gasteiger partial charge in [-0.05, 0) is 12.5 Å². The molecule has 1 fully saturated rings. The summed E-state index contributed by atoms with van der Waals surface area (Å²) < 4.78 is 0. The molecule has 1 rings (SSSR count). The van der Waals surface area contributed by atoms with E-state index >= 15 is 0 Å². The molecule has 1 amide bonds. The second kappa shape index (κ2) is 5.40. The second-order valence-electron chi connectivity index (χ2n) is 4.04. The van der Waals surface area contributed by atoms with E-state index in [0.29, 0.717) is 18.7 Å². The number of rotatable bonds is 5. The molecular weight excluding hydrogens is 212 g/mol. The van der Waals surface area contributed by atoms with E-state index < -0.39 is 25.4 Å². The Balaban J connectivity index is 2.68. The van der Waals surface area contributed by atoms with Crippen LogP contribution in [0.2, 0.25) is 0 Å². The number of hydrogen-bond donors (Lipinski definition) is 5. The summed E-state index contributed by atoms with van der Waals surface area (Å²) in [7, 11) is 0. The quantitative estimate of drug-likeness (QED) is 0.343.